The van der Waals surface area contributed by atoms with E-state index in [9.17, 15) is 0 Å². The first kappa shape index (κ1) is 12.3. The highest BCUT2D eigenvalue weighted by molar-refractivity contribution is 4.99. The Hall–Kier alpha value is -0.120. The average Bonchev–Trinajstić information content (AvgIpc) is 2.41. The van der Waals surface area contributed by atoms with Gasteiger partial charge in [-0.3, -0.25) is 4.90 Å². The maximum Gasteiger partial charge on any atom is 0.0674 e. The molecule has 1 saturated heterocycles. The van der Waals surface area contributed by atoms with Crippen LogP contribution in [0, 0.1) is 5.41 Å². The van der Waals surface area contributed by atoms with Crippen molar-refractivity contribution >= 4 is 0 Å². The molecule has 2 fully saturated rings. The first-order valence-corrected chi connectivity index (χ1v) is 6.62. The largest absolute Gasteiger partial charge is 0.377 e. The molecule has 0 amide bonds. The third kappa shape index (κ3) is 2.41. The van der Waals surface area contributed by atoms with Crippen LogP contribution in [0.5, 0.6) is 0 Å². The van der Waals surface area contributed by atoms with Gasteiger partial charge in [0.05, 0.1) is 6.10 Å². The predicted octanol–water partition coefficient (Wildman–Crippen LogP) is 1.61. The molecule has 16 heavy (non-hydrogen) atoms. The topological polar surface area (TPSA) is 38.5 Å². The van der Waals surface area contributed by atoms with Crippen molar-refractivity contribution in [2.75, 3.05) is 19.7 Å². The predicted molar refractivity (Wildman–Crippen MR) is 66.4 cm³/mol. The van der Waals surface area contributed by atoms with Gasteiger partial charge >= 0.3 is 0 Å². The lowest BCUT2D eigenvalue weighted by atomic mass is 9.87. The van der Waals surface area contributed by atoms with E-state index in [0.717, 1.165) is 26.1 Å². The van der Waals surface area contributed by atoms with Crippen molar-refractivity contribution < 1.29 is 4.74 Å². The maximum atomic E-state index is 6.40. The molecular weight excluding hydrogens is 200 g/mol. The summed E-state index contributed by atoms with van der Waals surface area (Å²) >= 11 is 0. The minimum atomic E-state index is 0.307. The number of nitrogens with zero attached hydrogens (tertiary/aromatic N) is 1. The van der Waals surface area contributed by atoms with Gasteiger partial charge in [-0.25, -0.2) is 0 Å². The molecule has 0 aromatic heterocycles. The van der Waals surface area contributed by atoms with E-state index in [1.807, 2.05) is 0 Å². The van der Waals surface area contributed by atoms with Crippen LogP contribution in [-0.2, 0) is 4.74 Å². The van der Waals surface area contributed by atoms with Gasteiger partial charge in [-0.15, -0.1) is 0 Å². The monoisotopic (exact) mass is 226 g/mol. The summed E-state index contributed by atoms with van der Waals surface area (Å²) in [5.74, 6) is 0. The minimum absolute atomic E-state index is 0.307. The number of hydrogen-bond acceptors (Lipinski definition) is 3. The Kier molecular flexibility index (Phi) is 3.57. The highest BCUT2D eigenvalue weighted by Crippen LogP contribution is 2.38. The Morgan fingerprint density at radius 1 is 1.38 bits per heavy atom. The molecule has 3 atom stereocenters. The van der Waals surface area contributed by atoms with Crippen molar-refractivity contribution in [3.63, 3.8) is 0 Å². The van der Waals surface area contributed by atoms with Crippen LogP contribution in [0.3, 0.4) is 0 Å². The lowest BCUT2D eigenvalue weighted by Gasteiger charge is -2.34. The first-order valence-electron chi connectivity index (χ1n) is 6.62. The lowest BCUT2D eigenvalue weighted by Crippen LogP contribution is -2.50. The van der Waals surface area contributed by atoms with E-state index in [1.165, 1.54) is 12.8 Å². The van der Waals surface area contributed by atoms with Gasteiger partial charge in [0.15, 0.2) is 0 Å². The molecule has 1 aliphatic carbocycles. The van der Waals surface area contributed by atoms with Crippen molar-refractivity contribution in [1.82, 2.24) is 4.90 Å². The molecule has 3 heteroatoms. The third-order valence-electron chi connectivity index (χ3n) is 4.35. The molecule has 0 aromatic carbocycles. The molecule has 2 rings (SSSR count). The van der Waals surface area contributed by atoms with Gasteiger partial charge in [-0.2, -0.15) is 0 Å². The van der Waals surface area contributed by atoms with Gasteiger partial charge in [0.1, 0.15) is 0 Å². The fourth-order valence-electron chi connectivity index (χ4n) is 3.12. The van der Waals surface area contributed by atoms with Gasteiger partial charge in [0.2, 0.25) is 0 Å². The summed E-state index contributed by atoms with van der Waals surface area (Å²) in [6.45, 7) is 9.88. The summed E-state index contributed by atoms with van der Waals surface area (Å²) in [6.07, 6.45) is 4.01. The number of rotatable bonds is 1. The first-order chi connectivity index (χ1) is 7.50. The van der Waals surface area contributed by atoms with Crippen molar-refractivity contribution in [2.45, 2.75) is 58.2 Å². The maximum absolute atomic E-state index is 6.40. The van der Waals surface area contributed by atoms with Gasteiger partial charge in [0.25, 0.3) is 0 Å². The van der Waals surface area contributed by atoms with E-state index >= 15 is 0 Å². The summed E-state index contributed by atoms with van der Waals surface area (Å²) < 4.78 is 5.70. The van der Waals surface area contributed by atoms with Crippen LogP contribution in [0.4, 0.5) is 0 Å². The van der Waals surface area contributed by atoms with Crippen molar-refractivity contribution in [2.24, 2.45) is 11.1 Å². The van der Waals surface area contributed by atoms with E-state index in [4.69, 9.17) is 10.5 Å². The Morgan fingerprint density at radius 2 is 2.12 bits per heavy atom. The van der Waals surface area contributed by atoms with Crippen molar-refractivity contribution in [1.29, 1.82) is 0 Å². The summed E-state index contributed by atoms with van der Waals surface area (Å²) in [6, 6.07) is 0.886. The van der Waals surface area contributed by atoms with Gasteiger partial charge < -0.3 is 10.5 Å². The molecule has 1 saturated carbocycles. The van der Waals surface area contributed by atoms with Crippen molar-refractivity contribution in [3.8, 4) is 0 Å². The SMILES string of the molecule is CC1CN(C2CCC(C)(C)C2N)CCCO1. The standard InChI is InChI=1S/C13H26N2O/c1-10-9-15(7-4-8-16-10)11-5-6-13(2,3)12(11)14/h10-12H,4-9,14H2,1-3H3. The molecule has 1 aliphatic heterocycles. The van der Waals surface area contributed by atoms with E-state index in [2.05, 4.69) is 25.7 Å². The minimum Gasteiger partial charge on any atom is -0.377 e. The quantitative estimate of drug-likeness (QED) is 0.738. The molecule has 0 radical (unpaired) electrons. The second kappa shape index (κ2) is 4.63. The third-order valence-corrected chi connectivity index (χ3v) is 4.35. The van der Waals surface area contributed by atoms with Gasteiger partial charge in [0, 0.05) is 31.8 Å². The van der Waals surface area contributed by atoms with Crippen LogP contribution >= 0.6 is 0 Å². The van der Waals surface area contributed by atoms with Crippen LogP contribution in [0.15, 0.2) is 0 Å². The van der Waals surface area contributed by atoms with Crippen LogP contribution in [0.2, 0.25) is 0 Å². The number of hydrogen-bond donors (Lipinski definition) is 1. The molecule has 1 heterocycles. The molecule has 3 nitrogen and oxygen atoms in total. The molecule has 0 spiro atoms. The molecule has 0 bridgehead atoms. The lowest BCUT2D eigenvalue weighted by molar-refractivity contribution is 0.0580. The highest BCUT2D eigenvalue weighted by Gasteiger charge is 2.42. The zero-order valence-electron chi connectivity index (χ0n) is 10.9. The van der Waals surface area contributed by atoms with E-state index in [-0.39, 0.29) is 0 Å². The second-order valence-electron chi connectivity index (χ2n) is 6.15. The van der Waals surface area contributed by atoms with Crippen LogP contribution in [0.25, 0.3) is 0 Å². The van der Waals surface area contributed by atoms with E-state index in [0.29, 0.717) is 23.6 Å². The molecule has 3 unspecified atom stereocenters. The Balaban J connectivity index is 2.01. The number of ether oxygens (including phenoxy) is 1. The van der Waals surface area contributed by atoms with Crippen molar-refractivity contribution in [3.05, 3.63) is 0 Å². The Labute approximate surface area is 99.3 Å². The van der Waals surface area contributed by atoms with E-state index in [1.54, 1.807) is 0 Å². The van der Waals surface area contributed by atoms with Crippen LogP contribution in [-0.4, -0.2) is 42.8 Å². The smallest absolute Gasteiger partial charge is 0.0674 e. The number of nitrogens with two attached hydrogens (primary N) is 1. The zero-order chi connectivity index (χ0) is 11.8. The molecule has 2 N–H and O–H groups in total. The summed E-state index contributed by atoms with van der Waals surface area (Å²) in [4.78, 5) is 2.57. The molecule has 94 valence electrons. The molecule has 0 aromatic rings. The Morgan fingerprint density at radius 3 is 2.75 bits per heavy atom. The second-order valence-corrected chi connectivity index (χ2v) is 6.15. The van der Waals surface area contributed by atoms with Gasteiger partial charge in [-0.05, 0) is 31.6 Å². The highest BCUT2D eigenvalue weighted by atomic mass is 16.5. The summed E-state index contributed by atoms with van der Waals surface area (Å²) in [5, 5.41) is 0. The zero-order valence-corrected chi connectivity index (χ0v) is 10.9. The van der Waals surface area contributed by atoms with E-state index < -0.39 is 0 Å². The summed E-state index contributed by atoms with van der Waals surface area (Å²) in [7, 11) is 0. The Bertz CT molecular complexity index is 242. The fourth-order valence-corrected chi connectivity index (χ4v) is 3.12. The fraction of sp³-hybridized carbons (Fsp3) is 1.00. The molecular formula is C13H26N2O. The van der Waals surface area contributed by atoms with Crippen LogP contribution in [0.1, 0.15) is 40.0 Å². The average molecular weight is 226 g/mol. The van der Waals surface area contributed by atoms with Gasteiger partial charge in [-0.1, -0.05) is 13.8 Å². The van der Waals surface area contributed by atoms with Crippen LogP contribution < -0.4 is 5.73 Å². The summed E-state index contributed by atoms with van der Waals surface area (Å²) in [5.41, 5.74) is 6.71. The normalized spacial score (nSPS) is 40.9. The molecule has 2 aliphatic rings.